The highest BCUT2D eigenvalue weighted by Gasteiger charge is 2.13. The molecule has 0 N–H and O–H groups in total. The van der Waals surface area contributed by atoms with Crippen LogP contribution in [0.1, 0.15) is 38.2 Å². The summed E-state index contributed by atoms with van der Waals surface area (Å²) in [4.78, 5) is 11.6. The van der Waals surface area contributed by atoms with Gasteiger partial charge in [0.05, 0.1) is 11.9 Å². The van der Waals surface area contributed by atoms with Crippen LogP contribution in [0.15, 0.2) is 48.7 Å². The summed E-state index contributed by atoms with van der Waals surface area (Å²) in [5, 5.41) is 1.17. The molecule has 30 heavy (non-hydrogen) atoms. The second kappa shape index (κ2) is 9.67. The van der Waals surface area contributed by atoms with Crippen LogP contribution in [0.25, 0.3) is 11.3 Å². The fraction of sp³-hybridized carbons (Fsp3) is 0.333. The number of aromatic nitrogens is 2. The molecule has 0 aliphatic carbocycles. The molecule has 1 saturated heterocycles. The molecule has 1 aromatic carbocycles. The molecule has 2 aromatic heterocycles. The highest BCUT2D eigenvalue weighted by atomic mass is 35.5. The van der Waals surface area contributed by atoms with E-state index in [1.54, 1.807) is 12.3 Å². The van der Waals surface area contributed by atoms with E-state index in [-0.39, 0.29) is 0 Å². The fourth-order valence-electron chi connectivity index (χ4n) is 3.76. The predicted octanol–water partition coefficient (Wildman–Crippen LogP) is 7.19. The number of hydrogen-bond acceptors (Lipinski definition) is 4. The summed E-state index contributed by atoms with van der Waals surface area (Å²) in [6.45, 7) is 4.29. The molecular formula is C24H25Cl2N3O. The van der Waals surface area contributed by atoms with Gasteiger partial charge in [0.1, 0.15) is 11.6 Å². The summed E-state index contributed by atoms with van der Waals surface area (Å²) in [7, 11) is 0. The molecule has 1 fully saturated rings. The first-order chi connectivity index (χ1) is 14.6. The number of aryl methyl sites for hydroxylation is 1. The second-order valence-electron chi connectivity index (χ2n) is 7.61. The van der Waals surface area contributed by atoms with Gasteiger partial charge in [0, 0.05) is 34.8 Å². The Balaban J connectivity index is 1.59. The Labute approximate surface area is 187 Å². The summed E-state index contributed by atoms with van der Waals surface area (Å²) < 4.78 is 6.07. The lowest BCUT2D eigenvalue weighted by Gasteiger charge is -2.27. The molecule has 0 atom stereocenters. The first-order valence-electron chi connectivity index (χ1n) is 10.5. The van der Waals surface area contributed by atoms with Gasteiger partial charge in [0.25, 0.3) is 0 Å². The van der Waals surface area contributed by atoms with Crippen LogP contribution < -0.4 is 9.64 Å². The number of rotatable bonds is 6. The van der Waals surface area contributed by atoms with Crippen LogP contribution in [-0.4, -0.2) is 23.1 Å². The van der Waals surface area contributed by atoms with E-state index in [0.29, 0.717) is 21.7 Å². The van der Waals surface area contributed by atoms with Crippen molar-refractivity contribution < 1.29 is 4.74 Å². The van der Waals surface area contributed by atoms with Gasteiger partial charge in [-0.15, -0.1) is 0 Å². The van der Waals surface area contributed by atoms with Crippen LogP contribution in [0.3, 0.4) is 0 Å². The smallest absolute Gasteiger partial charge is 0.220 e. The number of hydrogen-bond donors (Lipinski definition) is 0. The Kier molecular flexibility index (Phi) is 6.76. The molecule has 0 amide bonds. The average Bonchev–Trinajstić information content (AvgIpc) is 2.74. The number of benzene rings is 1. The van der Waals surface area contributed by atoms with Crippen LogP contribution in [0.5, 0.6) is 11.6 Å². The van der Waals surface area contributed by atoms with E-state index >= 15 is 0 Å². The van der Waals surface area contributed by atoms with Crippen molar-refractivity contribution in [1.29, 1.82) is 0 Å². The van der Waals surface area contributed by atoms with Crippen molar-refractivity contribution >= 4 is 29.0 Å². The van der Waals surface area contributed by atoms with Gasteiger partial charge in [0.2, 0.25) is 5.88 Å². The summed E-state index contributed by atoms with van der Waals surface area (Å²) in [6.07, 6.45) is 7.50. The van der Waals surface area contributed by atoms with E-state index in [1.807, 2.05) is 30.3 Å². The maximum Gasteiger partial charge on any atom is 0.220 e. The van der Waals surface area contributed by atoms with Crippen LogP contribution in [0.2, 0.25) is 10.0 Å². The molecular weight excluding hydrogens is 417 g/mol. The zero-order valence-corrected chi connectivity index (χ0v) is 18.6. The summed E-state index contributed by atoms with van der Waals surface area (Å²) in [5.74, 6) is 2.22. The molecule has 3 aromatic rings. The highest BCUT2D eigenvalue weighted by Crippen LogP contribution is 2.30. The summed E-state index contributed by atoms with van der Waals surface area (Å²) >= 11 is 12.4. The van der Waals surface area contributed by atoms with Crippen molar-refractivity contribution in [3.8, 4) is 22.9 Å². The number of pyridine rings is 2. The van der Waals surface area contributed by atoms with Crippen LogP contribution in [0.4, 0.5) is 5.82 Å². The normalized spacial score (nSPS) is 14.0. The van der Waals surface area contributed by atoms with E-state index in [4.69, 9.17) is 32.9 Å². The predicted molar refractivity (Wildman–Crippen MR) is 124 cm³/mol. The van der Waals surface area contributed by atoms with Crippen molar-refractivity contribution in [1.82, 2.24) is 9.97 Å². The van der Waals surface area contributed by atoms with Gasteiger partial charge in [-0.1, -0.05) is 36.5 Å². The van der Waals surface area contributed by atoms with E-state index in [2.05, 4.69) is 22.9 Å². The average molecular weight is 442 g/mol. The molecule has 156 valence electrons. The number of ether oxygens (including phenoxy) is 1. The van der Waals surface area contributed by atoms with Crippen molar-refractivity contribution in [3.63, 3.8) is 0 Å². The number of nitrogens with zero attached hydrogens (tertiary/aromatic N) is 3. The minimum atomic E-state index is 0.541. The highest BCUT2D eigenvalue weighted by molar-refractivity contribution is 6.35. The number of halogens is 2. The standard InChI is InChI=1S/C24H25Cl2N3O/c1-2-6-17-11-22(18-13-19(25)15-20(26)14-18)28-24(12-17)30-21-7-8-23(27-16-21)29-9-4-3-5-10-29/h7-8,11-16H,2-6,9-10H2,1H3. The molecule has 0 spiro atoms. The molecule has 4 rings (SSSR count). The Morgan fingerprint density at radius 2 is 1.73 bits per heavy atom. The quantitative estimate of drug-likeness (QED) is 0.405. The Bertz CT molecular complexity index is 982. The molecule has 0 saturated carbocycles. The zero-order valence-electron chi connectivity index (χ0n) is 17.1. The van der Waals surface area contributed by atoms with Crippen molar-refractivity contribution in [2.75, 3.05) is 18.0 Å². The number of anilines is 1. The molecule has 4 nitrogen and oxygen atoms in total. The zero-order chi connectivity index (χ0) is 20.9. The van der Waals surface area contributed by atoms with Gasteiger partial charge in [-0.05, 0) is 67.6 Å². The lowest BCUT2D eigenvalue weighted by molar-refractivity contribution is 0.460. The van der Waals surface area contributed by atoms with Gasteiger partial charge in [0.15, 0.2) is 0 Å². The third-order valence-electron chi connectivity index (χ3n) is 5.18. The SMILES string of the molecule is CCCc1cc(Oc2ccc(N3CCCCC3)nc2)nc(-c2cc(Cl)cc(Cl)c2)c1. The monoisotopic (exact) mass is 441 g/mol. The fourth-order valence-corrected chi connectivity index (χ4v) is 4.28. The van der Waals surface area contributed by atoms with Crippen LogP contribution in [0, 0.1) is 0 Å². The summed E-state index contributed by atoms with van der Waals surface area (Å²) in [6, 6.07) is 13.5. The van der Waals surface area contributed by atoms with E-state index < -0.39 is 0 Å². The molecule has 1 aliphatic rings. The molecule has 1 aliphatic heterocycles. The van der Waals surface area contributed by atoms with E-state index in [9.17, 15) is 0 Å². The molecule has 6 heteroatoms. The molecule has 0 unspecified atom stereocenters. The number of piperidine rings is 1. The van der Waals surface area contributed by atoms with Gasteiger partial charge in [-0.2, -0.15) is 0 Å². The van der Waals surface area contributed by atoms with Gasteiger partial charge >= 0.3 is 0 Å². The van der Waals surface area contributed by atoms with Crippen LogP contribution >= 0.6 is 23.2 Å². The van der Waals surface area contributed by atoms with E-state index in [1.165, 1.54) is 19.3 Å². The third-order valence-corrected chi connectivity index (χ3v) is 5.62. The van der Waals surface area contributed by atoms with E-state index in [0.717, 1.165) is 48.6 Å². The van der Waals surface area contributed by atoms with Gasteiger partial charge in [-0.25, -0.2) is 9.97 Å². The van der Waals surface area contributed by atoms with Gasteiger partial charge < -0.3 is 9.64 Å². The molecule has 3 heterocycles. The maximum absolute atomic E-state index is 6.19. The summed E-state index contributed by atoms with van der Waals surface area (Å²) in [5.41, 5.74) is 2.82. The topological polar surface area (TPSA) is 38.2 Å². The van der Waals surface area contributed by atoms with Crippen molar-refractivity contribution in [2.45, 2.75) is 39.0 Å². The Morgan fingerprint density at radius 3 is 2.40 bits per heavy atom. The minimum Gasteiger partial charge on any atom is -0.437 e. The molecule has 0 bridgehead atoms. The minimum absolute atomic E-state index is 0.541. The van der Waals surface area contributed by atoms with Crippen molar-refractivity contribution in [3.05, 3.63) is 64.3 Å². The first-order valence-corrected chi connectivity index (χ1v) is 11.2. The lowest BCUT2D eigenvalue weighted by Crippen LogP contribution is -2.29. The van der Waals surface area contributed by atoms with Crippen molar-refractivity contribution in [2.24, 2.45) is 0 Å². The third kappa shape index (κ3) is 5.24. The second-order valence-corrected chi connectivity index (χ2v) is 8.48. The lowest BCUT2D eigenvalue weighted by atomic mass is 10.1. The first kappa shape index (κ1) is 21.0. The largest absolute Gasteiger partial charge is 0.437 e. The maximum atomic E-state index is 6.19. The molecule has 0 radical (unpaired) electrons. The Hall–Kier alpha value is -2.30. The van der Waals surface area contributed by atoms with Gasteiger partial charge in [-0.3, -0.25) is 0 Å². The van der Waals surface area contributed by atoms with Crippen LogP contribution in [-0.2, 0) is 6.42 Å². The Morgan fingerprint density at radius 1 is 0.967 bits per heavy atom.